The molecule has 22 heteroatoms. The van der Waals surface area contributed by atoms with Crippen molar-refractivity contribution in [3.63, 3.8) is 0 Å². The summed E-state index contributed by atoms with van der Waals surface area (Å²) >= 11 is 11.3. The van der Waals surface area contributed by atoms with Crippen LogP contribution in [0.15, 0.2) is 12.7 Å². The number of halogens is 18. The van der Waals surface area contributed by atoms with Crippen molar-refractivity contribution in [3.8, 4) is 0 Å². The second-order valence-electron chi connectivity index (χ2n) is 9.10. The zero-order valence-electron chi connectivity index (χ0n) is 22.4. The molecular formula is C20H30Cl2F16O2Si2. The molecule has 0 heterocycles. The van der Waals surface area contributed by atoms with Gasteiger partial charge in [-0.2, -0.15) is 74.8 Å². The summed E-state index contributed by atoms with van der Waals surface area (Å²) in [6, 6.07) is 0.434. The smallest absolute Gasteiger partial charge is 0.375 e. The van der Waals surface area contributed by atoms with E-state index in [1.165, 1.54) is 0 Å². The first kappa shape index (κ1) is 46.0. The fourth-order valence-electron chi connectivity index (χ4n) is 2.01. The van der Waals surface area contributed by atoms with Crippen LogP contribution in [0.3, 0.4) is 0 Å². The number of rotatable bonds is 16. The van der Waals surface area contributed by atoms with E-state index < -0.39 is 90.3 Å². The zero-order chi connectivity index (χ0) is 34.6. The maximum Gasteiger partial charge on any atom is 0.380 e. The number of alkyl halides is 16. The highest BCUT2D eigenvalue weighted by molar-refractivity contribution is 7.19. The van der Waals surface area contributed by atoms with Crippen LogP contribution in [0.5, 0.6) is 0 Å². The van der Waals surface area contributed by atoms with E-state index in [1.807, 2.05) is 0 Å². The number of hydrogen-bond acceptors (Lipinski definition) is 2. The van der Waals surface area contributed by atoms with Crippen LogP contribution in [-0.2, 0) is 9.47 Å². The average Bonchev–Trinajstić information content (AvgIpc) is 2.77. The van der Waals surface area contributed by atoms with Crippen molar-refractivity contribution >= 4 is 37.6 Å². The van der Waals surface area contributed by atoms with Crippen molar-refractivity contribution in [1.29, 1.82) is 0 Å². The average molecular weight is 734 g/mol. The second-order valence-corrected chi connectivity index (χ2v) is 20.8. The molecule has 2 nitrogen and oxygen atoms in total. The quantitative estimate of drug-likeness (QED) is 0.0518. The summed E-state index contributed by atoms with van der Waals surface area (Å²) in [6.07, 6.45) is -8.75. The molecule has 0 aliphatic carbocycles. The Hall–Kier alpha value is -0.446. The Bertz CT molecular complexity index is 764. The van der Waals surface area contributed by atoms with E-state index >= 15 is 0 Å². The molecule has 0 bridgehead atoms. The van der Waals surface area contributed by atoms with Crippen LogP contribution in [0.2, 0.25) is 32.2 Å². The van der Waals surface area contributed by atoms with Gasteiger partial charge in [0.2, 0.25) is 0 Å². The molecule has 0 aliphatic heterocycles. The topological polar surface area (TPSA) is 18.5 Å². The molecule has 0 aromatic rings. The maximum absolute atomic E-state index is 13.0. The van der Waals surface area contributed by atoms with Gasteiger partial charge in [0.15, 0.2) is 7.38 Å². The van der Waals surface area contributed by atoms with Crippen molar-refractivity contribution in [2.75, 3.05) is 26.4 Å². The lowest BCUT2D eigenvalue weighted by Crippen LogP contribution is -2.59. The molecule has 0 saturated carbocycles. The van der Waals surface area contributed by atoms with Gasteiger partial charge in [0.05, 0.1) is 6.61 Å². The van der Waals surface area contributed by atoms with E-state index in [4.69, 9.17) is 22.2 Å². The van der Waals surface area contributed by atoms with Gasteiger partial charge in [-0.25, -0.2) is 17.6 Å². The molecule has 0 aliphatic rings. The third-order valence-electron chi connectivity index (χ3n) is 4.17. The minimum Gasteiger partial charge on any atom is -0.375 e. The Kier molecular flexibility index (Phi) is 19.6. The van der Waals surface area contributed by atoms with E-state index in [0.29, 0.717) is 6.04 Å². The fraction of sp³-hybridized carbons (Fsp3) is 0.900. The van der Waals surface area contributed by atoms with Crippen LogP contribution in [-0.4, -0.2) is 90.3 Å². The second kappa shape index (κ2) is 17.9. The Balaban J connectivity index is -0.000000652. The molecule has 0 N–H and O–H groups in total. The van der Waals surface area contributed by atoms with Gasteiger partial charge >= 0.3 is 48.4 Å². The fourth-order valence-corrected chi connectivity index (χ4v) is 3.39. The molecule has 0 aromatic heterocycles. The third kappa shape index (κ3) is 14.6. The van der Waals surface area contributed by atoms with E-state index in [9.17, 15) is 70.2 Å². The Labute approximate surface area is 243 Å². The highest BCUT2D eigenvalue weighted by Crippen LogP contribution is 2.49. The van der Waals surface area contributed by atoms with Gasteiger partial charge in [0.1, 0.15) is 21.3 Å². The van der Waals surface area contributed by atoms with Gasteiger partial charge in [0.25, 0.3) is 0 Å². The lowest BCUT2D eigenvalue weighted by atomic mass is 10.1. The molecule has 0 spiro atoms. The van der Waals surface area contributed by atoms with Crippen molar-refractivity contribution in [2.45, 2.75) is 87.0 Å². The zero-order valence-corrected chi connectivity index (χ0v) is 26.0. The summed E-state index contributed by atoms with van der Waals surface area (Å²) in [4.78, 5) is 0. The summed E-state index contributed by atoms with van der Waals surface area (Å²) in [5, 5.41) is 0. The lowest BCUT2D eigenvalue weighted by molar-refractivity contribution is -0.345. The molecule has 0 atom stereocenters. The minimum absolute atomic E-state index is 0.176. The summed E-state index contributed by atoms with van der Waals surface area (Å²) in [5.41, 5.74) is 0. The number of ether oxygens (including phenoxy) is 2. The first-order chi connectivity index (χ1) is 18.4. The van der Waals surface area contributed by atoms with E-state index in [1.54, 1.807) is 13.1 Å². The van der Waals surface area contributed by atoms with E-state index in [-0.39, 0.29) is 6.42 Å². The normalized spacial score (nSPS) is 14.0. The van der Waals surface area contributed by atoms with Crippen LogP contribution in [0.25, 0.3) is 0 Å². The van der Waals surface area contributed by atoms with E-state index in [2.05, 4.69) is 29.1 Å². The first-order valence-electron chi connectivity index (χ1n) is 11.3. The van der Waals surface area contributed by atoms with Crippen molar-refractivity contribution < 1.29 is 79.7 Å². The summed E-state index contributed by atoms with van der Waals surface area (Å²) in [6.45, 7) is 5.43. The summed E-state index contributed by atoms with van der Waals surface area (Å²) < 4.78 is 207. The van der Waals surface area contributed by atoms with E-state index in [0.717, 1.165) is 6.08 Å². The van der Waals surface area contributed by atoms with Gasteiger partial charge < -0.3 is 9.47 Å². The van der Waals surface area contributed by atoms with Gasteiger partial charge in [0, 0.05) is 6.61 Å². The molecule has 42 heavy (non-hydrogen) atoms. The monoisotopic (exact) mass is 732 g/mol. The van der Waals surface area contributed by atoms with Gasteiger partial charge in [-0.1, -0.05) is 32.3 Å². The van der Waals surface area contributed by atoms with Crippen LogP contribution in [0.4, 0.5) is 70.2 Å². The molecule has 0 aromatic carbocycles. The molecule has 0 unspecified atom stereocenters. The van der Waals surface area contributed by atoms with Crippen molar-refractivity contribution in [3.05, 3.63) is 12.7 Å². The molecule has 0 radical (unpaired) electrons. The molecule has 0 amide bonds. The number of hydrogen-bond donors (Lipinski definition) is 0. The molecule has 0 rings (SSSR count). The summed E-state index contributed by atoms with van der Waals surface area (Å²) in [5.74, 6) is -35.6. The van der Waals surface area contributed by atoms with Crippen LogP contribution >= 0.6 is 22.2 Å². The molecule has 0 fully saturated rings. The maximum atomic E-state index is 13.0. The van der Waals surface area contributed by atoms with Crippen LogP contribution in [0.1, 0.15) is 6.42 Å². The molecular weight excluding hydrogens is 703 g/mol. The Morgan fingerprint density at radius 1 is 0.738 bits per heavy atom. The van der Waals surface area contributed by atoms with Gasteiger partial charge in [-0.15, -0.1) is 6.58 Å². The Morgan fingerprint density at radius 3 is 1.31 bits per heavy atom. The predicted octanol–water partition coefficient (Wildman–Crippen LogP) is 9.58. The largest absolute Gasteiger partial charge is 0.380 e. The van der Waals surface area contributed by atoms with Gasteiger partial charge in [-0.3, -0.25) is 0 Å². The molecule has 0 saturated heterocycles. The highest BCUT2D eigenvalue weighted by Gasteiger charge is 2.76. The SMILES string of the molecule is C=CCOCC(F)(F)C(F)(F)C(F)(F)C(F)F.C[SiH](C)Cl.C[Si](C)(Cl)CCCOCC(F)(F)C(F)(F)C(F)(F)C(F)F. The van der Waals surface area contributed by atoms with Crippen molar-refractivity contribution in [2.24, 2.45) is 0 Å². The molecule has 256 valence electrons. The minimum atomic E-state index is -6.21. The van der Waals surface area contributed by atoms with Gasteiger partial charge in [-0.05, 0) is 12.5 Å². The standard InChI is InChI=1S/C10H15ClF8OSi.C8H8F8O.C2H7ClSi/c1-21(2,11)5-3-4-20-6-8(14,15)10(18,19)9(16,17)7(12)13;1-2-3-17-4-6(11,12)8(15,16)7(13,14)5(9)10;1-4(2)3/h7H,3-6H2,1-2H3;2,5H,1,3-4H2;4H,1-2H3. The first-order valence-corrected chi connectivity index (χ1v) is 19.6. The van der Waals surface area contributed by atoms with Crippen LogP contribution < -0.4 is 0 Å². The predicted molar refractivity (Wildman–Crippen MR) is 131 cm³/mol. The lowest BCUT2D eigenvalue weighted by Gasteiger charge is -2.32. The third-order valence-corrected chi connectivity index (χ3v) is 6.28. The Morgan fingerprint density at radius 2 is 1.05 bits per heavy atom. The van der Waals surface area contributed by atoms with Crippen LogP contribution in [0, 0.1) is 0 Å². The summed E-state index contributed by atoms with van der Waals surface area (Å²) in [7, 11) is -2.66. The highest BCUT2D eigenvalue weighted by atomic mass is 35.6. The van der Waals surface area contributed by atoms with Crippen molar-refractivity contribution in [1.82, 2.24) is 0 Å².